The molecule has 0 radical (unpaired) electrons. The number of carbonyl (C=O) groups is 1. The third-order valence-electron chi connectivity index (χ3n) is 8.36. The third-order valence-corrected chi connectivity index (χ3v) is 8.69. The van der Waals surface area contributed by atoms with Crippen molar-refractivity contribution < 1.29 is 4.79 Å². The molecule has 3 heteroatoms. The molecule has 0 heterocycles. The van der Waals surface area contributed by atoms with Gasteiger partial charge in [-0.15, -0.1) is 0 Å². The van der Waals surface area contributed by atoms with Crippen molar-refractivity contribution in [1.82, 2.24) is 0 Å². The van der Waals surface area contributed by atoms with Crippen molar-refractivity contribution >= 4 is 40.4 Å². The van der Waals surface area contributed by atoms with Gasteiger partial charge in [0.1, 0.15) is 0 Å². The number of rotatable bonds is 5. The van der Waals surface area contributed by atoms with Gasteiger partial charge in [0.15, 0.2) is 5.78 Å². The van der Waals surface area contributed by atoms with E-state index in [0.717, 1.165) is 69.2 Å². The van der Waals surface area contributed by atoms with Crippen LogP contribution in [-0.4, -0.2) is 5.78 Å². The van der Waals surface area contributed by atoms with Crippen molar-refractivity contribution in [1.29, 1.82) is 0 Å². The van der Waals surface area contributed by atoms with Crippen LogP contribution in [0, 0.1) is 30.2 Å². The normalized spacial score (nSPS) is 15.7. The Hall–Kier alpha value is -3.62. The summed E-state index contributed by atoms with van der Waals surface area (Å²) >= 11 is 6.52. The Morgan fingerprint density at radius 2 is 1.71 bits per heavy atom. The molecule has 190 valence electrons. The first-order valence-electron chi connectivity index (χ1n) is 13.6. The summed E-state index contributed by atoms with van der Waals surface area (Å²) in [5.41, 5.74) is 8.74. The molecule has 0 amide bonds. The number of benzene rings is 4. The van der Waals surface area contributed by atoms with Crippen LogP contribution in [0.15, 0.2) is 72.8 Å². The lowest BCUT2D eigenvalue weighted by molar-refractivity contribution is 0.104. The molecule has 1 N–H and O–H groups in total. The maximum Gasteiger partial charge on any atom is 0.190 e. The van der Waals surface area contributed by atoms with Gasteiger partial charge in [-0.1, -0.05) is 67.1 Å². The number of Topliss-reactive ketones (excluding diaryl/α,β-unsaturated/α-hetero) is 1. The first kappa shape index (κ1) is 24.7. The van der Waals surface area contributed by atoms with Gasteiger partial charge in [-0.05, 0) is 119 Å². The van der Waals surface area contributed by atoms with Crippen molar-refractivity contribution in [3.8, 4) is 0 Å². The number of carbonyl (C=O) groups excluding carboxylic acids is 1. The van der Waals surface area contributed by atoms with Gasteiger partial charge in [-0.3, -0.25) is 4.79 Å². The molecule has 0 bridgehead atoms. The van der Waals surface area contributed by atoms with Crippen LogP contribution in [0.2, 0.25) is 5.02 Å². The molecule has 6 rings (SSSR count). The molecule has 2 aliphatic rings. The summed E-state index contributed by atoms with van der Waals surface area (Å²) in [7, 11) is 0. The summed E-state index contributed by atoms with van der Waals surface area (Å²) in [6.45, 7) is 6.35. The van der Waals surface area contributed by atoms with E-state index in [1.807, 2.05) is 43.3 Å². The highest BCUT2D eigenvalue weighted by Gasteiger charge is 2.28. The molecule has 0 fully saturated rings. The summed E-state index contributed by atoms with van der Waals surface area (Å²) in [5, 5.41) is 9.03. The highest BCUT2D eigenvalue weighted by Crippen LogP contribution is 2.32. The fourth-order valence-corrected chi connectivity index (χ4v) is 6.56. The number of para-hydroxylation sites is 1. The Bertz CT molecular complexity index is 1820. The molecule has 0 aliphatic heterocycles. The summed E-state index contributed by atoms with van der Waals surface area (Å²) in [4.78, 5) is 14.2. The van der Waals surface area contributed by atoms with E-state index in [1.54, 1.807) is 0 Å². The Kier molecular flexibility index (Phi) is 6.45. The van der Waals surface area contributed by atoms with Gasteiger partial charge in [0.05, 0.1) is 0 Å². The predicted molar refractivity (Wildman–Crippen MR) is 158 cm³/mol. The Morgan fingerprint density at radius 1 is 0.895 bits per heavy atom. The Balaban J connectivity index is 1.48. The molecule has 0 saturated carbocycles. The van der Waals surface area contributed by atoms with Crippen LogP contribution in [-0.2, 0) is 12.8 Å². The van der Waals surface area contributed by atoms with E-state index in [9.17, 15) is 4.79 Å². The lowest BCUT2D eigenvalue weighted by Crippen LogP contribution is -2.31. The number of halogens is 1. The monoisotopic (exact) mass is 517 g/mol. The van der Waals surface area contributed by atoms with Gasteiger partial charge in [0, 0.05) is 27.5 Å². The second kappa shape index (κ2) is 9.93. The zero-order chi connectivity index (χ0) is 26.4. The minimum atomic E-state index is 0.168. The van der Waals surface area contributed by atoms with Crippen molar-refractivity contribution in [3.05, 3.63) is 127 Å². The molecule has 4 aromatic carbocycles. The van der Waals surface area contributed by atoms with Crippen LogP contribution in [0.5, 0.6) is 0 Å². The molecule has 0 spiro atoms. The molecule has 2 nitrogen and oxygen atoms in total. The average molecular weight is 518 g/mol. The van der Waals surface area contributed by atoms with Crippen LogP contribution in [0.1, 0.15) is 52.4 Å². The van der Waals surface area contributed by atoms with Crippen molar-refractivity contribution in [2.45, 2.75) is 46.5 Å². The number of aryl methyl sites for hydroxylation is 2. The largest absolute Gasteiger partial charge is 0.355 e. The number of hydrogen-bond donors (Lipinski definition) is 1. The quantitative estimate of drug-likeness (QED) is 0.281. The first-order valence-corrected chi connectivity index (χ1v) is 14.0. The molecule has 0 saturated heterocycles. The predicted octanol–water partition coefficient (Wildman–Crippen LogP) is 7.33. The first-order chi connectivity index (χ1) is 18.5. The zero-order valence-corrected chi connectivity index (χ0v) is 23.0. The van der Waals surface area contributed by atoms with Crippen LogP contribution in [0.3, 0.4) is 0 Å². The van der Waals surface area contributed by atoms with Crippen molar-refractivity contribution in [2.75, 3.05) is 5.32 Å². The van der Waals surface area contributed by atoms with E-state index >= 15 is 0 Å². The minimum absolute atomic E-state index is 0.168. The average Bonchev–Trinajstić information content (AvgIpc) is 2.93. The molecule has 38 heavy (non-hydrogen) atoms. The number of anilines is 2. The van der Waals surface area contributed by atoms with Crippen LogP contribution >= 0.6 is 11.6 Å². The summed E-state index contributed by atoms with van der Waals surface area (Å²) in [6.07, 6.45) is 6.09. The zero-order valence-electron chi connectivity index (χ0n) is 22.2. The van der Waals surface area contributed by atoms with Crippen molar-refractivity contribution in [2.24, 2.45) is 5.92 Å². The highest BCUT2D eigenvalue weighted by atomic mass is 35.5. The maximum atomic E-state index is 14.2. The topological polar surface area (TPSA) is 29.1 Å². The Labute approximate surface area is 229 Å². The van der Waals surface area contributed by atoms with E-state index in [0.29, 0.717) is 0 Å². The van der Waals surface area contributed by atoms with E-state index in [2.05, 4.69) is 61.6 Å². The van der Waals surface area contributed by atoms with Gasteiger partial charge in [-0.2, -0.15) is 0 Å². The number of fused-ring (bicyclic) bond motifs is 4. The van der Waals surface area contributed by atoms with Crippen molar-refractivity contribution in [3.63, 3.8) is 0 Å². The van der Waals surface area contributed by atoms with Gasteiger partial charge >= 0.3 is 0 Å². The second-order valence-corrected chi connectivity index (χ2v) is 11.0. The molecule has 2 aliphatic carbocycles. The van der Waals surface area contributed by atoms with Gasteiger partial charge in [0.25, 0.3) is 0 Å². The minimum Gasteiger partial charge on any atom is -0.355 e. The molecule has 4 aromatic rings. The number of nitrogens with one attached hydrogen (secondary N) is 1. The van der Waals surface area contributed by atoms with Gasteiger partial charge < -0.3 is 5.32 Å². The van der Waals surface area contributed by atoms with Gasteiger partial charge in [-0.25, -0.2) is 0 Å². The molecule has 0 aromatic heterocycles. The molecule has 1 unspecified atom stereocenters. The summed E-state index contributed by atoms with van der Waals surface area (Å²) in [6, 6.07) is 24.9. The fraction of sp³-hybridized carbons (Fsp3) is 0.229. The van der Waals surface area contributed by atoms with E-state index < -0.39 is 0 Å². The number of ketones is 1. The lowest BCUT2D eigenvalue weighted by Gasteiger charge is -2.27. The fourth-order valence-electron chi connectivity index (χ4n) is 6.31. The number of hydrogen-bond acceptors (Lipinski definition) is 2. The van der Waals surface area contributed by atoms with E-state index in [1.165, 1.54) is 27.1 Å². The Morgan fingerprint density at radius 3 is 2.50 bits per heavy atom. The van der Waals surface area contributed by atoms with Crippen LogP contribution < -0.4 is 15.8 Å². The van der Waals surface area contributed by atoms with Crippen LogP contribution in [0.4, 0.5) is 11.4 Å². The third kappa shape index (κ3) is 4.18. The lowest BCUT2D eigenvalue weighted by atomic mass is 9.76. The highest BCUT2D eigenvalue weighted by molar-refractivity contribution is 6.30. The standard InChI is InChI=1S/C35H32ClNO/c1-4-23-12-14-29-28-16-18-30-26(9-7-10-32(30)36)27(28)17-19-31(29)34(23)35(38)25-15-13-24(20-22(25)3)37-33-11-6-5-8-21(33)2/h5-11,13,15,17-20,23,37H,4,12,14,16H2,1-3H3. The van der Waals surface area contributed by atoms with E-state index in [-0.39, 0.29) is 11.7 Å². The molecular formula is C35H32ClNO. The SMILES string of the molecule is CCC1CCc2c3c(ccc2=C1C(=O)c1ccc(Nc2ccccc2C)cc1C)=c1cccc(Cl)c1=CC3. The van der Waals surface area contributed by atoms with Gasteiger partial charge in [0.2, 0.25) is 0 Å². The smallest absolute Gasteiger partial charge is 0.190 e. The van der Waals surface area contributed by atoms with E-state index in [4.69, 9.17) is 11.6 Å². The molecular weight excluding hydrogens is 486 g/mol. The summed E-state index contributed by atoms with van der Waals surface area (Å²) in [5.74, 6) is 0.437. The molecule has 1 atom stereocenters. The van der Waals surface area contributed by atoms with Crippen LogP contribution in [0.25, 0.3) is 11.6 Å². The summed E-state index contributed by atoms with van der Waals surface area (Å²) < 4.78 is 0. The second-order valence-electron chi connectivity index (χ2n) is 10.6. The maximum absolute atomic E-state index is 14.2.